The number of fused-ring (bicyclic) bond motifs is 1. The SMILES string of the molecule is O=C(NCCO)NC1CCCOc2cc(Cl)ccc21. The molecule has 5 nitrogen and oxygen atoms in total. The molecule has 1 heterocycles. The van der Waals surface area contributed by atoms with E-state index in [0.29, 0.717) is 11.6 Å². The Morgan fingerprint density at radius 2 is 2.37 bits per heavy atom. The van der Waals surface area contributed by atoms with Gasteiger partial charge in [-0.05, 0) is 25.0 Å². The van der Waals surface area contributed by atoms with Gasteiger partial charge in [0.15, 0.2) is 0 Å². The van der Waals surface area contributed by atoms with Crippen molar-refractivity contribution in [1.82, 2.24) is 10.6 Å². The van der Waals surface area contributed by atoms with Crippen LogP contribution in [0.15, 0.2) is 18.2 Å². The number of ether oxygens (including phenoxy) is 1. The number of rotatable bonds is 3. The molecule has 0 aliphatic carbocycles. The summed E-state index contributed by atoms with van der Waals surface area (Å²) in [5.41, 5.74) is 0.932. The normalized spacial score (nSPS) is 17.9. The van der Waals surface area contributed by atoms with Crippen molar-refractivity contribution < 1.29 is 14.6 Å². The smallest absolute Gasteiger partial charge is 0.315 e. The molecular formula is C13H17ClN2O3. The van der Waals surface area contributed by atoms with Crippen molar-refractivity contribution in [3.8, 4) is 5.75 Å². The molecule has 1 aromatic carbocycles. The second-order valence-electron chi connectivity index (χ2n) is 4.35. The number of benzene rings is 1. The summed E-state index contributed by atoms with van der Waals surface area (Å²) in [5.74, 6) is 0.720. The Balaban J connectivity index is 2.11. The summed E-state index contributed by atoms with van der Waals surface area (Å²) in [6, 6.07) is 5.04. The van der Waals surface area contributed by atoms with E-state index in [0.717, 1.165) is 24.2 Å². The van der Waals surface area contributed by atoms with Crippen LogP contribution in [0, 0.1) is 0 Å². The third kappa shape index (κ3) is 3.75. The highest BCUT2D eigenvalue weighted by molar-refractivity contribution is 6.30. The van der Waals surface area contributed by atoms with Gasteiger partial charge in [0.2, 0.25) is 0 Å². The van der Waals surface area contributed by atoms with Crippen LogP contribution in [-0.2, 0) is 0 Å². The van der Waals surface area contributed by atoms with Crippen LogP contribution in [0.25, 0.3) is 0 Å². The summed E-state index contributed by atoms with van der Waals surface area (Å²) >= 11 is 5.94. The Labute approximate surface area is 116 Å². The standard InChI is InChI=1S/C13H17ClN2O3/c14-9-3-4-10-11(16-13(18)15-5-6-17)2-1-7-19-12(10)8-9/h3-4,8,11,17H,1-2,5-7H2,(H2,15,16,18). The molecule has 1 aliphatic rings. The quantitative estimate of drug-likeness (QED) is 0.793. The predicted octanol–water partition coefficient (Wildman–Crippen LogP) is 1.85. The molecule has 3 N–H and O–H groups in total. The molecule has 0 spiro atoms. The van der Waals surface area contributed by atoms with E-state index in [1.165, 1.54) is 0 Å². The molecule has 1 aliphatic heterocycles. The lowest BCUT2D eigenvalue weighted by Crippen LogP contribution is -2.39. The number of hydrogen-bond donors (Lipinski definition) is 3. The Kier molecular flexibility index (Phi) is 4.87. The van der Waals surface area contributed by atoms with Crippen LogP contribution < -0.4 is 15.4 Å². The lowest BCUT2D eigenvalue weighted by atomic mass is 10.0. The monoisotopic (exact) mass is 284 g/mol. The van der Waals surface area contributed by atoms with E-state index in [9.17, 15) is 4.79 Å². The third-order valence-corrected chi connectivity index (χ3v) is 3.18. The van der Waals surface area contributed by atoms with Crippen molar-refractivity contribution in [1.29, 1.82) is 0 Å². The van der Waals surface area contributed by atoms with Gasteiger partial charge in [0, 0.05) is 17.1 Å². The number of hydrogen-bond acceptors (Lipinski definition) is 3. The molecule has 0 saturated heterocycles. The van der Waals surface area contributed by atoms with Crippen LogP contribution in [0.2, 0.25) is 5.02 Å². The van der Waals surface area contributed by atoms with Crippen LogP contribution in [0.3, 0.4) is 0 Å². The van der Waals surface area contributed by atoms with E-state index < -0.39 is 0 Å². The maximum absolute atomic E-state index is 11.7. The van der Waals surface area contributed by atoms with Gasteiger partial charge >= 0.3 is 6.03 Å². The van der Waals surface area contributed by atoms with Crippen molar-refractivity contribution in [2.75, 3.05) is 19.8 Å². The van der Waals surface area contributed by atoms with E-state index in [4.69, 9.17) is 21.4 Å². The number of nitrogens with one attached hydrogen (secondary N) is 2. The van der Waals surface area contributed by atoms with Crippen LogP contribution in [0.5, 0.6) is 5.75 Å². The Morgan fingerprint density at radius 1 is 1.53 bits per heavy atom. The maximum atomic E-state index is 11.7. The van der Waals surface area contributed by atoms with Gasteiger partial charge < -0.3 is 20.5 Å². The fourth-order valence-electron chi connectivity index (χ4n) is 2.07. The van der Waals surface area contributed by atoms with Crippen molar-refractivity contribution in [2.24, 2.45) is 0 Å². The van der Waals surface area contributed by atoms with Crippen molar-refractivity contribution in [3.63, 3.8) is 0 Å². The molecule has 19 heavy (non-hydrogen) atoms. The Bertz CT molecular complexity index is 454. The average Bonchev–Trinajstić information content (AvgIpc) is 2.58. The third-order valence-electron chi connectivity index (χ3n) is 2.95. The topological polar surface area (TPSA) is 70.6 Å². The van der Waals surface area contributed by atoms with Gasteiger partial charge in [-0.1, -0.05) is 17.7 Å². The summed E-state index contributed by atoms with van der Waals surface area (Å²) in [6.45, 7) is 0.777. The lowest BCUT2D eigenvalue weighted by Gasteiger charge is -2.18. The van der Waals surface area contributed by atoms with Gasteiger partial charge in [0.05, 0.1) is 19.3 Å². The van der Waals surface area contributed by atoms with Crippen molar-refractivity contribution in [2.45, 2.75) is 18.9 Å². The summed E-state index contributed by atoms with van der Waals surface area (Å²) in [7, 11) is 0. The molecule has 1 unspecified atom stereocenters. The molecule has 6 heteroatoms. The molecule has 2 amide bonds. The summed E-state index contributed by atoms with van der Waals surface area (Å²) in [5, 5.41) is 14.8. The Morgan fingerprint density at radius 3 is 3.16 bits per heavy atom. The molecule has 1 aromatic rings. The number of carbonyl (C=O) groups excluding carboxylic acids is 1. The minimum absolute atomic E-state index is 0.0760. The van der Waals surface area contributed by atoms with Crippen LogP contribution in [0.1, 0.15) is 24.4 Å². The van der Waals surface area contributed by atoms with E-state index in [-0.39, 0.29) is 25.2 Å². The van der Waals surface area contributed by atoms with E-state index in [1.54, 1.807) is 12.1 Å². The molecule has 2 rings (SSSR count). The van der Waals surface area contributed by atoms with E-state index in [2.05, 4.69) is 10.6 Å². The first-order valence-electron chi connectivity index (χ1n) is 6.28. The minimum Gasteiger partial charge on any atom is -0.493 e. The molecule has 0 radical (unpaired) electrons. The van der Waals surface area contributed by atoms with Crippen LogP contribution in [0.4, 0.5) is 4.79 Å². The van der Waals surface area contributed by atoms with Crippen molar-refractivity contribution >= 4 is 17.6 Å². The molecule has 0 saturated carbocycles. The first kappa shape index (κ1) is 14.0. The summed E-state index contributed by atoms with van der Waals surface area (Å²) in [6.07, 6.45) is 1.67. The van der Waals surface area contributed by atoms with Gasteiger partial charge in [0.1, 0.15) is 5.75 Å². The fourth-order valence-corrected chi connectivity index (χ4v) is 2.24. The minimum atomic E-state index is -0.290. The molecule has 0 aromatic heterocycles. The van der Waals surface area contributed by atoms with Crippen LogP contribution >= 0.6 is 11.6 Å². The van der Waals surface area contributed by atoms with Crippen molar-refractivity contribution in [3.05, 3.63) is 28.8 Å². The van der Waals surface area contributed by atoms with Gasteiger partial charge in [0.25, 0.3) is 0 Å². The zero-order valence-corrected chi connectivity index (χ0v) is 11.2. The van der Waals surface area contributed by atoms with Gasteiger partial charge in [-0.25, -0.2) is 4.79 Å². The number of amides is 2. The van der Waals surface area contributed by atoms with E-state index in [1.807, 2.05) is 6.07 Å². The summed E-state index contributed by atoms with van der Waals surface area (Å²) < 4.78 is 5.63. The zero-order valence-electron chi connectivity index (χ0n) is 10.5. The zero-order chi connectivity index (χ0) is 13.7. The number of urea groups is 1. The largest absolute Gasteiger partial charge is 0.493 e. The van der Waals surface area contributed by atoms with Gasteiger partial charge in [-0.2, -0.15) is 0 Å². The van der Waals surface area contributed by atoms with E-state index >= 15 is 0 Å². The second-order valence-corrected chi connectivity index (χ2v) is 4.79. The lowest BCUT2D eigenvalue weighted by molar-refractivity contribution is 0.230. The number of halogens is 1. The first-order chi connectivity index (χ1) is 9.20. The number of aliphatic hydroxyl groups excluding tert-OH is 1. The first-order valence-corrected chi connectivity index (χ1v) is 6.66. The number of carbonyl (C=O) groups is 1. The predicted molar refractivity (Wildman–Crippen MR) is 72.5 cm³/mol. The van der Waals surface area contributed by atoms with Gasteiger partial charge in [-0.3, -0.25) is 0 Å². The molecule has 0 bridgehead atoms. The van der Waals surface area contributed by atoms with Crippen LogP contribution in [-0.4, -0.2) is 30.9 Å². The average molecular weight is 285 g/mol. The molecule has 1 atom stereocenters. The fraction of sp³-hybridized carbons (Fsp3) is 0.462. The number of aliphatic hydroxyl groups is 1. The molecular weight excluding hydrogens is 268 g/mol. The molecule has 0 fully saturated rings. The Hall–Kier alpha value is -1.46. The molecule has 104 valence electrons. The highest BCUT2D eigenvalue weighted by Gasteiger charge is 2.21. The summed E-state index contributed by atoms with van der Waals surface area (Å²) in [4.78, 5) is 11.7. The maximum Gasteiger partial charge on any atom is 0.315 e. The highest BCUT2D eigenvalue weighted by atomic mass is 35.5. The van der Waals surface area contributed by atoms with Gasteiger partial charge in [-0.15, -0.1) is 0 Å². The second kappa shape index (κ2) is 6.63. The highest BCUT2D eigenvalue weighted by Crippen LogP contribution is 2.33.